The number of hydrogen-bond donors (Lipinski definition) is 2. The van der Waals surface area contributed by atoms with Crippen molar-refractivity contribution in [3.8, 4) is 0 Å². The van der Waals surface area contributed by atoms with Crippen LogP contribution >= 0.6 is 24.0 Å². The van der Waals surface area contributed by atoms with E-state index in [4.69, 9.17) is 0 Å². The molecule has 0 radical (unpaired) electrons. The number of guanidine groups is 1. The molecule has 0 aromatic carbocycles. The van der Waals surface area contributed by atoms with Crippen molar-refractivity contribution in [1.82, 2.24) is 20.4 Å². The summed E-state index contributed by atoms with van der Waals surface area (Å²) in [5.41, 5.74) is 0. The van der Waals surface area contributed by atoms with Gasteiger partial charge in [0.2, 0.25) is 5.91 Å². The van der Waals surface area contributed by atoms with E-state index in [0.717, 1.165) is 31.5 Å². The zero-order valence-corrected chi connectivity index (χ0v) is 16.7. The second-order valence-corrected chi connectivity index (χ2v) is 5.93. The first-order chi connectivity index (χ1) is 10.0. The molecule has 1 aliphatic rings. The van der Waals surface area contributed by atoms with Crippen molar-refractivity contribution in [2.45, 2.75) is 26.7 Å². The lowest BCUT2D eigenvalue weighted by Gasteiger charge is -2.30. The largest absolute Gasteiger partial charge is 0.357 e. The summed E-state index contributed by atoms with van der Waals surface area (Å²) >= 11 is 0. The van der Waals surface area contributed by atoms with Crippen molar-refractivity contribution in [3.05, 3.63) is 0 Å². The van der Waals surface area contributed by atoms with Gasteiger partial charge in [0, 0.05) is 33.7 Å². The molecule has 7 heteroatoms. The lowest BCUT2D eigenvalue weighted by molar-refractivity contribution is -0.127. The van der Waals surface area contributed by atoms with E-state index in [1.165, 1.54) is 25.9 Å². The fourth-order valence-electron chi connectivity index (χ4n) is 2.25. The van der Waals surface area contributed by atoms with Crippen LogP contribution in [0.4, 0.5) is 0 Å². The van der Waals surface area contributed by atoms with Crippen molar-refractivity contribution in [2.24, 2.45) is 10.9 Å². The molecule has 0 aromatic heterocycles. The molecule has 1 amide bonds. The van der Waals surface area contributed by atoms with Crippen molar-refractivity contribution >= 4 is 35.8 Å². The Morgan fingerprint density at radius 3 is 2.45 bits per heavy atom. The zero-order valence-electron chi connectivity index (χ0n) is 14.4. The highest BCUT2D eigenvalue weighted by Crippen LogP contribution is 2.14. The summed E-state index contributed by atoms with van der Waals surface area (Å²) in [5, 5.41) is 6.47. The Morgan fingerprint density at radius 2 is 1.91 bits per heavy atom. The van der Waals surface area contributed by atoms with Crippen LogP contribution in [-0.2, 0) is 4.79 Å². The van der Waals surface area contributed by atoms with E-state index in [9.17, 15) is 4.79 Å². The lowest BCUT2D eigenvalue weighted by atomic mass is 9.99. The third kappa shape index (κ3) is 8.77. The fraction of sp³-hybridized carbons (Fsp3) is 0.867. The number of likely N-dealkylation sites (N-methyl/N-ethyl adjacent to an activating group) is 1. The summed E-state index contributed by atoms with van der Waals surface area (Å²) < 4.78 is 0. The van der Waals surface area contributed by atoms with Crippen LogP contribution in [0.2, 0.25) is 0 Å². The molecular weight excluding hydrogens is 393 g/mol. The Hall–Kier alpha value is -0.570. The van der Waals surface area contributed by atoms with Crippen LogP contribution < -0.4 is 10.6 Å². The van der Waals surface area contributed by atoms with Crippen LogP contribution in [0.25, 0.3) is 0 Å². The average Bonchev–Trinajstić information content (AvgIpc) is 2.46. The van der Waals surface area contributed by atoms with Gasteiger partial charge in [0.05, 0.1) is 0 Å². The minimum atomic E-state index is 0. The maximum Gasteiger partial charge on any atom is 0.243 e. The van der Waals surface area contributed by atoms with Gasteiger partial charge in [0.15, 0.2) is 5.96 Å². The van der Waals surface area contributed by atoms with E-state index >= 15 is 0 Å². The normalized spacial score (nSPS) is 16.8. The average molecular weight is 425 g/mol. The Kier molecular flexibility index (Phi) is 11.6. The molecule has 0 bridgehead atoms. The number of hydrogen-bond acceptors (Lipinski definition) is 3. The second kappa shape index (κ2) is 11.9. The first-order valence-corrected chi connectivity index (χ1v) is 7.97. The third-order valence-corrected chi connectivity index (χ3v) is 3.81. The Labute approximate surface area is 152 Å². The van der Waals surface area contributed by atoms with Gasteiger partial charge in [0.1, 0.15) is 6.54 Å². The Bertz CT molecular complexity index is 341. The topological polar surface area (TPSA) is 60.0 Å². The molecule has 0 unspecified atom stereocenters. The molecule has 1 saturated heterocycles. The van der Waals surface area contributed by atoms with Gasteiger partial charge in [0.25, 0.3) is 0 Å². The van der Waals surface area contributed by atoms with Crippen molar-refractivity contribution in [2.75, 3.05) is 53.4 Å². The predicted octanol–water partition coefficient (Wildman–Crippen LogP) is 0.980. The monoisotopic (exact) mass is 425 g/mol. The van der Waals surface area contributed by atoms with Crippen LogP contribution in [0.5, 0.6) is 0 Å². The summed E-state index contributed by atoms with van der Waals surface area (Å²) in [6.45, 7) is 9.59. The molecule has 0 aliphatic carbocycles. The summed E-state index contributed by atoms with van der Waals surface area (Å²) in [4.78, 5) is 19.9. The number of carbonyl (C=O) groups is 1. The fourth-order valence-corrected chi connectivity index (χ4v) is 2.25. The first kappa shape index (κ1) is 21.4. The highest BCUT2D eigenvalue weighted by atomic mass is 127. The van der Waals surface area contributed by atoms with Gasteiger partial charge in [-0.2, -0.15) is 0 Å². The van der Waals surface area contributed by atoms with E-state index < -0.39 is 0 Å². The zero-order chi connectivity index (χ0) is 15.7. The summed E-state index contributed by atoms with van der Waals surface area (Å²) in [5.74, 6) is 1.60. The maximum absolute atomic E-state index is 11.6. The molecule has 0 aromatic rings. The van der Waals surface area contributed by atoms with Gasteiger partial charge >= 0.3 is 0 Å². The maximum atomic E-state index is 11.6. The number of nitrogens with zero attached hydrogens (tertiary/aromatic N) is 3. The summed E-state index contributed by atoms with van der Waals surface area (Å²) in [6.07, 6.45) is 2.59. The third-order valence-electron chi connectivity index (χ3n) is 3.81. The number of rotatable bonds is 6. The number of halogens is 1. The smallest absolute Gasteiger partial charge is 0.243 e. The summed E-state index contributed by atoms with van der Waals surface area (Å²) in [6, 6.07) is 0. The van der Waals surface area contributed by atoms with E-state index in [2.05, 4.69) is 27.4 Å². The number of likely N-dealkylation sites (tertiary alicyclic amines) is 1. The molecule has 1 fully saturated rings. The van der Waals surface area contributed by atoms with Gasteiger partial charge in [-0.1, -0.05) is 6.92 Å². The van der Waals surface area contributed by atoms with E-state index in [0.29, 0.717) is 0 Å². The summed E-state index contributed by atoms with van der Waals surface area (Å²) in [7, 11) is 3.49. The van der Waals surface area contributed by atoms with Gasteiger partial charge in [-0.25, -0.2) is 4.99 Å². The first-order valence-electron chi connectivity index (χ1n) is 7.97. The molecule has 0 saturated carbocycles. The number of piperidine rings is 1. The highest BCUT2D eigenvalue weighted by Gasteiger charge is 2.14. The molecule has 6 nitrogen and oxygen atoms in total. The van der Waals surface area contributed by atoms with Crippen LogP contribution in [0.3, 0.4) is 0 Å². The highest BCUT2D eigenvalue weighted by molar-refractivity contribution is 14.0. The number of carbonyl (C=O) groups excluding carboxylic acids is 1. The van der Waals surface area contributed by atoms with Gasteiger partial charge in [-0.15, -0.1) is 24.0 Å². The number of aliphatic imine (C=N–C) groups is 1. The molecule has 2 N–H and O–H groups in total. The molecule has 1 aliphatic heterocycles. The predicted molar refractivity (Wildman–Crippen MR) is 103 cm³/mol. The molecule has 1 rings (SSSR count). The molecule has 1 heterocycles. The minimum absolute atomic E-state index is 0. The van der Waals surface area contributed by atoms with Crippen molar-refractivity contribution in [1.29, 1.82) is 0 Å². The lowest BCUT2D eigenvalue weighted by Crippen LogP contribution is -2.43. The van der Waals surface area contributed by atoms with E-state index in [1.807, 2.05) is 6.92 Å². The standard InChI is InChI=1S/C15H31N5O.HI/c1-5-16-15(18-12-14(21)19(3)4)17-8-11-20-9-6-13(2)7-10-20;/h13H,5-12H2,1-4H3,(H2,16,17,18);1H. The second-order valence-electron chi connectivity index (χ2n) is 5.93. The molecule has 0 atom stereocenters. The van der Waals surface area contributed by atoms with Crippen LogP contribution in [0.1, 0.15) is 26.7 Å². The quantitative estimate of drug-likeness (QED) is 0.379. The van der Waals surface area contributed by atoms with E-state index in [1.54, 1.807) is 19.0 Å². The molecular formula is C15H32IN5O. The van der Waals surface area contributed by atoms with Crippen molar-refractivity contribution in [3.63, 3.8) is 0 Å². The van der Waals surface area contributed by atoms with Crippen LogP contribution in [0.15, 0.2) is 4.99 Å². The molecule has 22 heavy (non-hydrogen) atoms. The van der Waals surface area contributed by atoms with Crippen molar-refractivity contribution < 1.29 is 4.79 Å². The molecule has 0 spiro atoms. The SMILES string of the molecule is CCNC(=NCC(=O)N(C)C)NCCN1CCC(C)CC1.I. The number of nitrogens with one attached hydrogen (secondary N) is 2. The van der Waals surface area contributed by atoms with Gasteiger partial charge in [-0.3, -0.25) is 4.79 Å². The molecule has 130 valence electrons. The van der Waals surface area contributed by atoms with Crippen LogP contribution in [-0.4, -0.2) is 75.0 Å². The number of amides is 1. The van der Waals surface area contributed by atoms with Crippen LogP contribution in [0, 0.1) is 5.92 Å². The minimum Gasteiger partial charge on any atom is -0.357 e. The van der Waals surface area contributed by atoms with Gasteiger partial charge < -0.3 is 20.4 Å². The Morgan fingerprint density at radius 1 is 1.27 bits per heavy atom. The Balaban J connectivity index is 0.00000441. The van der Waals surface area contributed by atoms with Gasteiger partial charge in [-0.05, 0) is 38.8 Å². The van der Waals surface area contributed by atoms with E-state index in [-0.39, 0.29) is 36.4 Å².